The number of aryl methyl sites for hydroxylation is 1. The van der Waals surface area contributed by atoms with Gasteiger partial charge in [0.1, 0.15) is 5.76 Å². The quantitative estimate of drug-likeness (QED) is 0.862. The Labute approximate surface area is 111 Å². The van der Waals surface area contributed by atoms with Crippen molar-refractivity contribution in [1.29, 1.82) is 0 Å². The summed E-state index contributed by atoms with van der Waals surface area (Å²) in [6.07, 6.45) is 1.64. The molecule has 0 radical (unpaired) electrons. The largest absolute Gasteiger partial charge is 0.467 e. The lowest BCUT2D eigenvalue weighted by Gasteiger charge is -2.22. The number of furan rings is 1. The van der Waals surface area contributed by atoms with Crippen molar-refractivity contribution in [1.82, 2.24) is 9.97 Å². The van der Waals surface area contributed by atoms with E-state index in [0.29, 0.717) is 23.7 Å². The van der Waals surface area contributed by atoms with Crippen molar-refractivity contribution in [3.8, 4) is 0 Å². The lowest BCUT2D eigenvalue weighted by molar-refractivity contribution is 0.503. The Kier molecular flexibility index (Phi) is 3.72. The maximum atomic E-state index is 6.00. The monoisotopic (exact) mass is 266 g/mol. The van der Waals surface area contributed by atoms with Crippen LogP contribution in [0.4, 0.5) is 11.5 Å². The maximum absolute atomic E-state index is 6.00. The molecular formula is C12H15ClN4O. The maximum Gasteiger partial charge on any atom is 0.224 e. The minimum Gasteiger partial charge on any atom is -0.467 e. The highest BCUT2D eigenvalue weighted by atomic mass is 35.5. The van der Waals surface area contributed by atoms with Crippen LogP contribution in [-0.2, 0) is 6.54 Å². The minimum atomic E-state index is 0.203. The van der Waals surface area contributed by atoms with Crippen molar-refractivity contribution in [2.24, 2.45) is 0 Å². The van der Waals surface area contributed by atoms with E-state index in [9.17, 15) is 0 Å². The molecule has 0 aliphatic heterocycles. The van der Waals surface area contributed by atoms with E-state index in [1.807, 2.05) is 30.9 Å². The Morgan fingerprint density at radius 1 is 1.44 bits per heavy atom. The standard InChI is InChI=1S/C12H15ClN4O/c1-3-17(7-9-5-4-6-18-9)11-10(14)8(2)15-12(13)16-11/h4-6H,3,7,14H2,1-2H3. The van der Waals surface area contributed by atoms with Crippen LogP contribution in [0.3, 0.4) is 0 Å². The van der Waals surface area contributed by atoms with Crippen LogP contribution in [0.25, 0.3) is 0 Å². The molecule has 18 heavy (non-hydrogen) atoms. The molecule has 0 atom stereocenters. The molecule has 2 aromatic heterocycles. The summed E-state index contributed by atoms with van der Waals surface area (Å²) in [5.74, 6) is 1.50. The summed E-state index contributed by atoms with van der Waals surface area (Å²) in [6.45, 7) is 5.18. The lowest BCUT2D eigenvalue weighted by Crippen LogP contribution is -2.24. The van der Waals surface area contributed by atoms with E-state index in [1.54, 1.807) is 6.26 Å². The van der Waals surface area contributed by atoms with Gasteiger partial charge in [-0.25, -0.2) is 4.98 Å². The minimum absolute atomic E-state index is 0.203. The van der Waals surface area contributed by atoms with Crippen LogP contribution in [0.5, 0.6) is 0 Å². The smallest absolute Gasteiger partial charge is 0.224 e. The number of anilines is 2. The predicted molar refractivity (Wildman–Crippen MR) is 71.6 cm³/mol. The molecule has 0 saturated carbocycles. The van der Waals surface area contributed by atoms with Crippen molar-refractivity contribution in [2.75, 3.05) is 17.2 Å². The summed E-state index contributed by atoms with van der Waals surface area (Å²) in [6, 6.07) is 3.76. The Morgan fingerprint density at radius 2 is 2.22 bits per heavy atom. The van der Waals surface area contributed by atoms with Crippen molar-refractivity contribution in [3.05, 3.63) is 35.1 Å². The molecule has 96 valence electrons. The second kappa shape index (κ2) is 5.27. The predicted octanol–water partition coefficient (Wildman–Crippen LogP) is 2.64. The second-order valence-corrected chi connectivity index (χ2v) is 4.25. The van der Waals surface area contributed by atoms with E-state index in [1.165, 1.54) is 0 Å². The molecule has 2 aromatic rings. The Morgan fingerprint density at radius 3 is 2.83 bits per heavy atom. The zero-order valence-electron chi connectivity index (χ0n) is 10.4. The topological polar surface area (TPSA) is 68.2 Å². The van der Waals surface area contributed by atoms with Gasteiger partial charge in [0, 0.05) is 6.54 Å². The normalized spacial score (nSPS) is 10.6. The molecule has 0 bridgehead atoms. The average Bonchev–Trinajstić information content (AvgIpc) is 2.84. The van der Waals surface area contributed by atoms with Crippen LogP contribution in [0.2, 0.25) is 5.28 Å². The summed E-state index contributed by atoms with van der Waals surface area (Å²) in [7, 11) is 0. The fourth-order valence-corrected chi connectivity index (χ4v) is 1.91. The second-order valence-electron chi connectivity index (χ2n) is 3.91. The third-order valence-electron chi connectivity index (χ3n) is 2.70. The average molecular weight is 267 g/mol. The van der Waals surface area contributed by atoms with Gasteiger partial charge in [0.25, 0.3) is 0 Å². The first kappa shape index (κ1) is 12.7. The van der Waals surface area contributed by atoms with Gasteiger partial charge >= 0.3 is 0 Å². The van der Waals surface area contributed by atoms with E-state index in [0.717, 1.165) is 12.3 Å². The van der Waals surface area contributed by atoms with Crippen LogP contribution >= 0.6 is 11.6 Å². The highest BCUT2D eigenvalue weighted by Crippen LogP contribution is 2.25. The lowest BCUT2D eigenvalue weighted by atomic mass is 10.3. The molecule has 0 aromatic carbocycles. The van der Waals surface area contributed by atoms with Gasteiger partial charge in [-0.05, 0) is 37.6 Å². The first-order valence-corrected chi connectivity index (χ1v) is 6.06. The summed E-state index contributed by atoms with van der Waals surface area (Å²) < 4.78 is 5.33. The number of hydrogen-bond acceptors (Lipinski definition) is 5. The van der Waals surface area contributed by atoms with Crippen molar-refractivity contribution < 1.29 is 4.42 Å². The number of rotatable bonds is 4. The molecule has 2 N–H and O–H groups in total. The molecule has 0 fully saturated rings. The molecule has 0 spiro atoms. The SMILES string of the molecule is CCN(Cc1ccco1)c1nc(Cl)nc(C)c1N. The molecule has 0 aliphatic carbocycles. The first-order chi connectivity index (χ1) is 8.61. The number of nitrogens with two attached hydrogens (primary N) is 1. The third-order valence-corrected chi connectivity index (χ3v) is 2.87. The van der Waals surface area contributed by atoms with E-state index in [-0.39, 0.29) is 5.28 Å². The molecule has 5 nitrogen and oxygen atoms in total. The fraction of sp³-hybridized carbons (Fsp3) is 0.333. The van der Waals surface area contributed by atoms with Crippen LogP contribution in [0.1, 0.15) is 18.4 Å². The third kappa shape index (κ3) is 2.56. The molecule has 0 unspecified atom stereocenters. The van der Waals surface area contributed by atoms with Crippen LogP contribution < -0.4 is 10.6 Å². The number of aromatic nitrogens is 2. The number of nitrogens with zero attached hydrogens (tertiary/aromatic N) is 3. The Balaban J connectivity index is 2.32. The van der Waals surface area contributed by atoms with Gasteiger partial charge in [0.05, 0.1) is 24.2 Å². The summed E-state index contributed by atoms with van der Waals surface area (Å²) in [5.41, 5.74) is 7.23. The zero-order valence-corrected chi connectivity index (χ0v) is 11.1. The van der Waals surface area contributed by atoms with E-state index in [2.05, 4.69) is 9.97 Å². The van der Waals surface area contributed by atoms with Gasteiger partial charge in [-0.2, -0.15) is 4.98 Å². The van der Waals surface area contributed by atoms with Crippen LogP contribution in [0.15, 0.2) is 22.8 Å². The van der Waals surface area contributed by atoms with Crippen molar-refractivity contribution >= 4 is 23.1 Å². The van der Waals surface area contributed by atoms with Gasteiger partial charge in [-0.1, -0.05) is 0 Å². The van der Waals surface area contributed by atoms with E-state index >= 15 is 0 Å². The summed E-state index contributed by atoms with van der Waals surface area (Å²) in [5, 5.41) is 0.203. The highest BCUT2D eigenvalue weighted by molar-refractivity contribution is 6.28. The van der Waals surface area contributed by atoms with Gasteiger partial charge < -0.3 is 15.1 Å². The summed E-state index contributed by atoms with van der Waals surface area (Å²) >= 11 is 5.88. The van der Waals surface area contributed by atoms with Gasteiger partial charge in [0.2, 0.25) is 5.28 Å². The van der Waals surface area contributed by atoms with Crippen LogP contribution in [-0.4, -0.2) is 16.5 Å². The molecule has 6 heteroatoms. The molecule has 2 rings (SSSR count). The van der Waals surface area contributed by atoms with Crippen molar-refractivity contribution in [2.45, 2.75) is 20.4 Å². The van der Waals surface area contributed by atoms with Gasteiger partial charge in [-0.3, -0.25) is 0 Å². The van der Waals surface area contributed by atoms with E-state index < -0.39 is 0 Å². The molecule has 2 heterocycles. The van der Waals surface area contributed by atoms with E-state index in [4.69, 9.17) is 21.8 Å². The number of halogens is 1. The molecule has 0 aliphatic rings. The first-order valence-electron chi connectivity index (χ1n) is 5.68. The van der Waals surface area contributed by atoms with Gasteiger partial charge in [0.15, 0.2) is 5.82 Å². The number of nitrogen functional groups attached to an aromatic ring is 1. The Hall–Kier alpha value is -1.75. The number of hydrogen-bond donors (Lipinski definition) is 1. The fourth-order valence-electron chi connectivity index (χ4n) is 1.70. The summed E-state index contributed by atoms with van der Waals surface area (Å²) in [4.78, 5) is 10.2. The molecule has 0 amide bonds. The molecular weight excluding hydrogens is 252 g/mol. The molecule has 0 saturated heterocycles. The van der Waals surface area contributed by atoms with Gasteiger partial charge in [-0.15, -0.1) is 0 Å². The highest BCUT2D eigenvalue weighted by Gasteiger charge is 2.15. The Bertz CT molecular complexity index is 527. The van der Waals surface area contributed by atoms with Crippen LogP contribution in [0, 0.1) is 6.92 Å². The zero-order chi connectivity index (χ0) is 13.1. The van der Waals surface area contributed by atoms with Crippen molar-refractivity contribution in [3.63, 3.8) is 0 Å².